The van der Waals surface area contributed by atoms with Crippen molar-refractivity contribution in [2.24, 2.45) is 0 Å². The minimum atomic E-state index is -0.209. The van der Waals surface area contributed by atoms with Gasteiger partial charge in [0.2, 0.25) is 11.8 Å². The van der Waals surface area contributed by atoms with Crippen molar-refractivity contribution in [2.75, 3.05) is 10.6 Å². The molecule has 0 radical (unpaired) electrons. The molecule has 180 valence electrons. The Morgan fingerprint density at radius 1 is 0.649 bits per heavy atom. The van der Waals surface area contributed by atoms with E-state index in [1.807, 2.05) is 103 Å². The van der Waals surface area contributed by atoms with Gasteiger partial charge in [-0.1, -0.05) is 60.7 Å². The smallest absolute Gasteiger partial charge is 0.248 e. The first-order valence-corrected chi connectivity index (χ1v) is 11.8. The van der Waals surface area contributed by atoms with E-state index < -0.39 is 0 Å². The SMILES string of the molecule is O=C(/C=C\c1ccccc1)Nc1ccc2nc(-c3ccc(NC(=O)/C=C/c4ccccc4)cc3)[nH]c2c1. The second kappa shape index (κ2) is 11.0. The first-order valence-electron chi connectivity index (χ1n) is 11.8. The van der Waals surface area contributed by atoms with Crippen molar-refractivity contribution in [1.82, 2.24) is 9.97 Å². The van der Waals surface area contributed by atoms with Crippen LogP contribution in [0.2, 0.25) is 0 Å². The molecule has 0 aliphatic rings. The van der Waals surface area contributed by atoms with Crippen molar-refractivity contribution in [2.45, 2.75) is 0 Å². The van der Waals surface area contributed by atoms with Crippen LogP contribution in [0, 0.1) is 0 Å². The quantitative estimate of drug-likeness (QED) is 0.229. The molecule has 0 aliphatic heterocycles. The summed E-state index contributed by atoms with van der Waals surface area (Å²) in [7, 11) is 0. The third-order valence-corrected chi connectivity index (χ3v) is 5.63. The molecule has 0 spiro atoms. The predicted octanol–water partition coefficient (Wildman–Crippen LogP) is 6.53. The molecule has 37 heavy (non-hydrogen) atoms. The molecule has 2 amide bonds. The zero-order chi connectivity index (χ0) is 25.5. The van der Waals surface area contributed by atoms with Crippen molar-refractivity contribution in [3.8, 4) is 11.4 Å². The van der Waals surface area contributed by atoms with Crippen LogP contribution in [0.3, 0.4) is 0 Å². The minimum Gasteiger partial charge on any atom is -0.338 e. The summed E-state index contributed by atoms with van der Waals surface area (Å²) in [6.07, 6.45) is 6.56. The van der Waals surface area contributed by atoms with Gasteiger partial charge in [0.25, 0.3) is 0 Å². The van der Waals surface area contributed by atoms with Crippen molar-refractivity contribution < 1.29 is 9.59 Å². The number of carbonyl (C=O) groups excluding carboxylic acids is 2. The number of benzene rings is 4. The van der Waals surface area contributed by atoms with Gasteiger partial charge in [-0.25, -0.2) is 4.98 Å². The maximum absolute atomic E-state index is 12.3. The van der Waals surface area contributed by atoms with Crippen LogP contribution in [-0.4, -0.2) is 21.8 Å². The van der Waals surface area contributed by atoms with E-state index in [0.717, 1.165) is 27.7 Å². The van der Waals surface area contributed by atoms with Crippen molar-refractivity contribution in [1.29, 1.82) is 0 Å². The number of aromatic nitrogens is 2. The second-order valence-corrected chi connectivity index (χ2v) is 8.36. The van der Waals surface area contributed by atoms with Crippen LogP contribution in [0.1, 0.15) is 11.1 Å². The molecular formula is C31H24N4O2. The van der Waals surface area contributed by atoms with Crippen LogP contribution >= 0.6 is 0 Å². The number of hydrogen-bond donors (Lipinski definition) is 3. The molecule has 5 rings (SSSR count). The molecule has 0 bridgehead atoms. The monoisotopic (exact) mass is 484 g/mol. The lowest BCUT2D eigenvalue weighted by Crippen LogP contribution is -2.07. The Balaban J connectivity index is 1.23. The average molecular weight is 485 g/mol. The van der Waals surface area contributed by atoms with Gasteiger partial charge in [-0.3, -0.25) is 9.59 Å². The zero-order valence-corrected chi connectivity index (χ0v) is 19.9. The molecule has 0 unspecified atom stereocenters. The Morgan fingerprint density at radius 3 is 1.78 bits per heavy atom. The number of imidazole rings is 1. The van der Waals surface area contributed by atoms with Gasteiger partial charge in [-0.05, 0) is 65.7 Å². The van der Waals surface area contributed by atoms with E-state index in [4.69, 9.17) is 0 Å². The fraction of sp³-hybridized carbons (Fsp3) is 0. The molecule has 0 aliphatic carbocycles. The number of rotatable bonds is 7. The fourth-order valence-electron chi connectivity index (χ4n) is 3.78. The summed E-state index contributed by atoms with van der Waals surface area (Å²) >= 11 is 0. The zero-order valence-electron chi connectivity index (χ0n) is 19.9. The number of amides is 2. The Kier molecular flexibility index (Phi) is 6.99. The first-order chi connectivity index (χ1) is 18.1. The molecule has 0 atom stereocenters. The normalized spacial score (nSPS) is 11.2. The average Bonchev–Trinajstić information content (AvgIpc) is 3.36. The van der Waals surface area contributed by atoms with Gasteiger partial charge >= 0.3 is 0 Å². The molecule has 1 heterocycles. The van der Waals surface area contributed by atoms with E-state index in [2.05, 4.69) is 20.6 Å². The van der Waals surface area contributed by atoms with Gasteiger partial charge in [-0.15, -0.1) is 0 Å². The Labute approximate surface area is 214 Å². The maximum atomic E-state index is 12.3. The lowest BCUT2D eigenvalue weighted by molar-refractivity contribution is -0.112. The summed E-state index contributed by atoms with van der Waals surface area (Å²) in [5, 5.41) is 5.74. The molecule has 0 saturated carbocycles. The highest BCUT2D eigenvalue weighted by atomic mass is 16.2. The largest absolute Gasteiger partial charge is 0.338 e. The van der Waals surface area contributed by atoms with Crippen LogP contribution < -0.4 is 10.6 Å². The van der Waals surface area contributed by atoms with E-state index in [-0.39, 0.29) is 11.8 Å². The molecule has 3 N–H and O–H groups in total. The van der Waals surface area contributed by atoms with Crippen molar-refractivity contribution in [3.05, 3.63) is 126 Å². The maximum Gasteiger partial charge on any atom is 0.248 e. The van der Waals surface area contributed by atoms with E-state index in [1.54, 1.807) is 12.2 Å². The summed E-state index contributed by atoms with van der Waals surface area (Å²) in [5.74, 6) is 0.289. The van der Waals surface area contributed by atoms with Gasteiger partial charge in [0, 0.05) is 29.1 Å². The first kappa shape index (κ1) is 23.5. The number of hydrogen-bond acceptors (Lipinski definition) is 3. The van der Waals surface area contributed by atoms with Gasteiger partial charge in [0.1, 0.15) is 5.82 Å². The van der Waals surface area contributed by atoms with Crippen LogP contribution in [-0.2, 0) is 9.59 Å². The Bertz CT molecular complexity index is 1590. The number of carbonyl (C=O) groups is 2. The summed E-state index contributed by atoms with van der Waals surface area (Å²) in [6, 6.07) is 32.3. The third-order valence-electron chi connectivity index (χ3n) is 5.63. The van der Waals surface area contributed by atoms with Crippen molar-refractivity contribution >= 4 is 46.4 Å². The molecule has 4 aromatic carbocycles. The standard InChI is InChI=1S/C31H24N4O2/c36-29(19-11-22-7-3-1-4-8-22)32-25-15-13-24(14-16-25)31-34-27-18-17-26(21-28(27)35-31)33-30(37)20-12-23-9-5-2-6-10-23/h1-21H,(H,32,36)(H,33,37)(H,34,35)/b19-11+,20-12-. The van der Waals surface area contributed by atoms with E-state index in [1.165, 1.54) is 12.2 Å². The van der Waals surface area contributed by atoms with Gasteiger partial charge in [0.05, 0.1) is 11.0 Å². The number of nitrogens with zero attached hydrogens (tertiary/aromatic N) is 1. The summed E-state index contributed by atoms with van der Waals surface area (Å²) in [5.41, 5.74) is 5.76. The predicted molar refractivity (Wildman–Crippen MR) is 150 cm³/mol. The molecule has 0 saturated heterocycles. The lowest BCUT2D eigenvalue weighted by atomic mass is 10.2. The third kappa shape index (κ3) is 6.26. The van der Waals surface area contributed by atoms with E-state index in [9.17, 15) is 9.59 Å². The number of anilines is 2. The van der Waals surface area contributed by atoms with Gasteiger partial charge in [-0.2, -0.15) is 0 Å². The lowest BCUT2D eigenvalue weighted by Gasteiger charge is -2.03. The fourth-order valence-corrected chi connectivity index (χ4v) is 3.78. The van der Waals surface area contributed by atoms with Crippen LogP contribution in [0.25, 0.3) is 34.6 Å². The van der Waals surface area contributed by atoms with Gasteiger partial charge in [0.15, 0.2) is 0 Å². The molecule has 1 aromatic heterocycles. The molecule has 6 nitrogen and oxygen atoms in total. The van der Waals surface area contributed by atoms with Crippen LogP contribution in [0.4, 0.5) is 11.4 Å². The summed E-state index contributed by atoms with van der Waals surface area (Å²) in [4.78, 5) is 32.5. The molecule has 0 fully saturated rings. The topological polar surface area (TPSA) is 86.9 Å². The Morgan fingerprint density at radius 2 is 1.19 bits per heavy atom. The Hall–Kier alpha value is -5.23. The second-order valence-electron chi connectivity index (χ2n) is 8.36. The summed E-state index contributed by atoms with van der Waals surface area (Å²) < 4.78 is 0. The summed E-state index contributed by atoms with van der Waals surface area (Å²) in [6.45, 7) is 0. The number of nitrogens with one attached hydrogen (secondary N) is 3. The molecule has 6 heteroatoms. The van der Waals surface area contributed by atoms with Crippen LogP contribution in [0.15, 0.2) is 115 Å². The number of H-pyrrole nitrogens is 1. The van der Waals surface area contributed by atoms with Crippen molar-refractivity contribution in [3.63, 3.8) is 0 Å². The minimum absolute atomic E-state index is 0.200. The van der Waals surface area contributed by atoms with Gasteiger partial charge < -0.3 is 15.6 Å². The molecular weight excluding hydrogens is 460 g/mol. The number of fused-ring (bicyclic) bond motifs is 1. The highest BCUT2D eigenvalue weighted by Gasteiger charge is 2.08. The molecule has 5 aromatic rings. The number of aromatic amines is 1. The van der Waals surface area contributed by atoms with E-state index >= 15 is 0 Å². The highest BCUT2D eigenvalue weighted by Crippen LogP contribution is 2.24. The highest BCUT2D eigenvalue weighted by molar-refractivity contribution is 6.03. The van der Waals surface area contributed by atoms with E-state index in [0.29, 0.717) is 17.2 Å². The van der Waals surface area contributed by atoms with Crippen LogP contribution in [0.5, 0.6) is 0 Å².